The minimum Gasteiger partial charge on any atom is -0.495 e. The summed E-state index contributed by atoms with van der Waals surface area (Å²) >= 11 is 9.16. The molecule has 1 aliphatic heterocycles. The maximum atomic E-state index is 12.1. The van der Waals surface area contributed by atoms with Crippen LogP contribution in [0.5, 0.6) is 5.75 Å². The molecule has 0 radical (unpaired) electrons. The Labute approximate surface area is 119 Å². The molecule has 1 aliphatic rings. The molecule has 0 spiro atoms. The van der Waals surface area contributed by atoms with E-state index in [9.17, 15) is 8.42 Å². The highest BCUT2D eigenvalue weighted by Gasteiger charge is 2.26. The summed E-state index contributed by atoms with van der Waals surface area (Å²) in [5.74, 6) is 0.424. The lowest BCUT2D eigenvalue weighted by molar-refractivity contribution is 0.409. The molecule has 1 aromatic rings. The molecule has 8 heteroatoms. The monoisotopic (exact) mass is 354 g/mol. The van der Waals surface area contributed by atoms with Crippen LogP contribution in [-0.2, 0) is 10.0 Å². The van der Waals surface area contributed by atoms with Gasteiger partial charge in [-0.25, -0.2) is 13.1 Å². The van der Waals surface area contributed by atoms with E-state index < -0.39 is 10.0 Å². The van der Waals surface area contributed by atoms with E-state index in [2.05, 4.69) is 26.0 Å². The summed E-state index contributed by atoms with van der Waals surface area (Å²) in [5.41, 5.74) is 0. The van der Waals surface area contributed by atoms with Gasteiger partial charge < -0.3 is 10.1 Å². The van der Waals surface area contributed by atoms with Gasteiger partial charge in [-0.2, -0.15) is 0 Å². The van der Waals surface area contributed by atoms with Crippen molar-refractivity contribution < 1.29 is 13.2 Å². The van der Waals surface area contributed by atoms with Crippen molar-refractivity contribution in [3.05, 3.63) is 21.6 Å². The predicted molar refractivity (Wildman–Crippen MR) is 72.7 cm³/mol. The highest BCUT2D eigenvalue weighted by atomic mass is 79.9. The maximum Gasteiger partial charge on any atom is 0.242 e. The molecule has 2 rings (SSSR count). The second kappa shape index (κ2) is 5.34. The van der Waals surface area contributed by atoms with E-state index in [1.807, 2.05) is 0 Å². The summed E-state index contributed by atoms with van der Waals surface area (Å²) < 4.78 is 32.3. The van der Waals surface area contributed by atoms with Crippen molar-refractivity contribution in [2.24, 2.45) is 0 Å². The van der Waals surface area contributed by atoms with Crippen LogP contribution in [0.3, 0.4) is 0 Å². The summed E-state index contributed by atoms with van der Waals surface area (Å²) in [6.07, 6.45) is 0. The molecule has 2 N–H and O–H groups in total. The van der Waals surface area contributed by atoms with E-state index in [1.165, 1.54) is 19.2 Å². The first-order valence-corrected chi connectivity index (χ1v) is 7.85. The van der Waals surface area contributed by atoms with Crippen molar-refractivity contribution in [1.29, 1.82) is 0 Å². The van der Waals surface area contributed by atoms with Gasteiger partial charge in [-0.3, -0.25) is 0 Å². The minimum atomic E-state index is -3.58. The normalized spacial score (nSPS) is 16.4. The Bertz CT molecular complexity index is 560. The van der Waals surface area contributed by atoms with Crippen LogP contribution in [0.15, 0.2) is 21.5 Å². The van der Waals surface area contributed by atoms with E-state index in [0.29, 0.717) is 23.3 Å². The number of ether oxygens (including phenoxy) is 1. The molecule has 0 amide bonds. The molecule has 1 aromatic carbocycles. The molecular formula is C10H12BrClN2O3S. The number of methoxy groups -OCH3 is 1. The second-order valence-corrected chi connectivity index (χ2v) is 6.84. The minimum absolute atomic E-state index is 0.0669. The number of benzene rings is 1. The Kier molecular flexibility index (Phi) is 4.18. The van der Waals surface area contributed by atoms with Crippen LogP contribution in [0.25, 0.3) is 0 Å². The van der Waals surface area contributed by atoms with E-state index >= 15 is 0 Å². The molecule has 1 saturated heterocycles. The molecule has 0 atom stereocenters. The molecule has 0 saturated carbocycles. The zero-order valence-corrected chi connectivity index (χ0v) is 12.7. The number of rotatable bonds is 4. The fourth-order valence-corrected chi connectivity index (χ4v) is 4.12. The van der Waals surface area contributed by atoms with Crippen molar-refractivity contribution in [3.63, 3.8) is 0 Å². The average Bonchev–Trinajstić information content (AvgIpc) is 2.26. The van der Waals surface area contributed by atoms with Crippen molar-refractivity contribution in [2.75, 3.05) is 20.2 Å². The molecule has 18 heavy (non-hydrogen) atoms. The SMILES string of the molecule is COc1cc(Br)c(S(=O)(=O)NC2CNC2)cc1Cl. The van der Waals surface area contributed by atoms with Crippen molar-refractivity contribution in [2.45, 2.75) is 10.9 Å². The zero-order chi connectivity index (χ0) is 13.3. The van der Waals surface area contributed by atoms with Crippen molar-refractivity contribution in [1.82, 2.24) is 10.0 Å². The second-order valence-electron chi connectivity index (χ2n) is 3.89. The molecule has 100 valence electrons. The third-order valence-corrected chi connectivity index (χ3v) is 5.37. The topological polar surface area (TPSA) is 67.4 Å². The highest BCUT2D eigenvalue weighted by molar-refractivity contribution is 9.10. The van der Waals surface area contributed by atoms with Crippen LogP contribution >= 0.6 is 27.5 Å². The Morgan fingerprint density at radius 2 is 2.17 bits per heavy atom. The third-order valence-electron chi connectivity index (χ3n) is 2.60. The number of nitrogens with one attached hydrogen (secondary N) is 2. The summed E-state index contributed by atoms with van der Waals surface area (Å²) in [5, 5.41) is 3.25. The van der Waals surface area contributed by atoms with Gasteiger partial charge in [0.2, 0.25) is 10.0 Å². The lowest BCUT2D eigenvalue weighted by atomic mass is 10.2. The standard InChI is InChI=1S/C10H12BrClN2O3S/c1-17-9-2-7(11)10(3-8(9)12)18(15,16)14-6-4-13-5-6/h2-3,6,13-14H,4-5H2,1H3. The molecular weight excluding hydrogens is 344 g/mol. The van der Waals surface area contributed by atoms with Gasteiger partial charge in [0.25, 0.3) is 0 Å². The fraction of sp³-hybridized carbons (Fsp3) is 0.400. The van der Waals surface area contributed by atoms with E-state index in [1.54, 1.807) is 0 Å². The van der Waals surface area contributed by atoms with Crippen LogP contribution in [0, 0.1) is 0 Å². The predicted octanol–water partition coefficient (Wildman–Crippen LogP) is 1.36. The first-order chi connectivity index (χ1) is 8.44. The molecule has 1 heterocycles. The van der Waals surface area contributed by atoms with Crippen molar-refractivity contribution in [3.8, 4) is 5.75 Å². The van der Waals surface area contributed by atoms with Gasteiger partial charge in [-0.15, -0.1) is 0 Å². The van der Waals surface area contributed by atoms with E-state index in [0.717, 1.165) is 0 Å². The number of hydrogen-bond acceptors (Lipinski definition) is 4. The Hall–Kier alpha value is -0.340. The van der Waals surface area contributed by atoms with Crippen LogP contribution in [0.2, 0.25) is 5.02 Å². The van der Waals surface area contributed by atoms with Gasteiger partial charge in [0, 0.05) is 23.6 Å². The summed E-state index contributed by atoms with van der Waals surface area (Å²) in [6.45, 7) is 1.28. The lowest BCUT2D eigenvalue weighted by Gasteiger charge is -2.27. The molecule has 0 bridgehead atoms. The maximum absolute atomic E-state index is 12.1. The van der Waals surface area contributed by atoms with Crippen LogP contribution in [0.1, 0.15) is 0 Å². The van der Waals surface area contributed by atoms with Crippen LogP contribution in [0.4, 0.5) is 0 Å². The highest BCUT2D eigenvalue weighted by Crippen LogP contribution is 2.33. The zero-order valence-electron chi connectivity index (χ0n) is 9.54. The van der Waals surface area contributed by atoms with Gasteiger partial charge in [-0.1, -0.05) is 11.6 Å². The number of halogens is 2. The Morgan fingerprint density at radius 1 is 1.50 bits per heavy atom. The number of hydrogen-bond donors (Lipinski definition) is 2. The molecule has 0 aliphatic carbocycles. The first-order valence-electron chi connectivity index (χ1n) is 5.20. The summed E-state index contributed by atoms with van der Waals surface area (Å²) in [6, 6.07) is 2.84. The average molecular weight is 356 g/mol. The fourth-order valence-electron chi connectivity index (χ4n) is 1.53. The Morgan fingerprint density at radius 3 is 2.67 bits per heavy atom. The van der Waals surface area contributed by atoms with E-state index in [-0.39, 0.29) is 16.0 Å². The summed E-state index contributed by atoms with van der Waals surface area (Å²) in [7, 11) is -2.10. The quantitative estimate of drug-likeness (QED) is 0.856. The smallest absolute Gasteiger partial charge is 0.242 e. The van der Waals surface area contributed by atoms with E-state index in [4.69, 9.17) is 16.3 Å². The summed E-state index contributed by atoms with van der Waals surface area (Å²) in [4.78, 5) is 0.111. The van der Waals surface area contributed by atoms with Gasteiger partial charge >= 0.3 is 0 Å². The van der Waals surface area contributed by atoms with Gasteiger partial charge in [0.05, 0.1) is 17.0 Å². The number of sulfonamides is 1. The molecule has 5 nitrogen and oxygen atoms in total. The van der Waals surface area contributed by atoms with Gasteiger partial charge in [-0.05, 0) is 28.1 Å². The third kappa shape index (κ3) is 2.80. The largest absolute Gasteiger partial charge is 0.495 e. The van der Waals surface area contributed by atoms with Gasteiger partial charge in [0.1, 0.15) is 5.75 Å². The Balaban J connectivity index is 2.34. The lowest BCUT2D eigenvalue weighted by Crippen LogP contribution is -2.56. The molecule has 0 aromatic heterocycles. The molecule has 0 unspecified atom stereocenters. The van der Waals surface area contributed by atoms with Gasteiger partial charge in [0.15, 0.2) is 0 Å². The van der Waals surface area contributed by atoms with Crippen LogP contribution in [-0.4, -0.2) is 34.7 Å². The molecule has 1 fully saturated rings. The van der Waals surface area contributed by atoms with Crippen LogP contribution < -0.4 is 14.8 Å². The van der Waals surface area contributed by atoms with Crippen molar-refractivity contribution >= 4 is 37.6 Å². The first kappa shape index (κ1) is 14.1.